The molecule has 148 valence electrons. The minimum atomic E-state index is 0. The van der Waals surface area contributed by atoms with Gasteiger partial charge >= 0.3 is 0 Å². The number of benzene rings is 2. The molecule has 0 saturated heterocycles. The van der Waals surface area contributed by atoms with Gasteiger partial charge < -0.3 is 19.9 Å². The summed E-state index contributed by atoms with van der Waals surface area (Å²) in [7, 11) is 5.44. The van der Waals surface area contributed by atoms with Gasteiger partial charge in [0.25, 0.3) is 0 Å². The lowest BCUT2D eigenvalue weighted by Crippen LogP contribution is -2.38. The quantitative estimate of drug-likeness (QED) is 0.312. The van der Waals surface area contributed by atoms with E-state index in [-0.39, 0.29) is 24.0 Å². The molecule has 1 heterocycles. The Kier molecular flexibility index (Phi) is 8.31. The molecule has 0 unspecified atom stereocenters. The fraction of sp³-hybridized carbons (Fsp3) is 0.238. The minimum Gasteiger partial charge on any atom is -0.497 e. The first-order valence-electron chi connectivity index (χ1n) is 8.83. The second-order valence-electron chi connectivity index (χ2n) is 6.21. The molecule has 0 aliphatic rings. The van der Waals surface area contributed by atoms with E-state index in [9.17, 15) is 0 Å². The van der Waals surface area contributed by atoms with Crippen LogP contribution in [0.1, 0.15) is 11.4 Å². The number of aromatic amines is 1. The van der Waals surface area contributed by atoms with Gasteiger partial charge in [0.05, 0.1) is 25.5 Å². The van der Waals surface area contributed by atoms with Gasteiger partial charge in [-0.05, 0) is 23.3 Å². The third-order valence-electron chi connectivity index (χ3n) is 4.28. The molecule has 3 rings (SSSR count). The first-order chi connectivity index (χ1) is 13.2. The Morgan fingerprint density at radius 1 is 1.14 bits per heavy atom. The predicted molar refractivity (Wildman–Crippen MR) is 124 cm³/mol. The van der Waals surface area contributed by atoms with Crippen LogP contribution in [0.3, 0.4) is 0 Å². The summed E-state index contributed by atoms with van der Waals surface area (Å²) >= 11 is 0. The van der Waals surface area contributed by atoms with Crippen molar-refractivity contribution in [2.45, 2.75) is 13.1 Å². The zero-order chi connectivity index (χ0) is 19.1. The van der Waals surface area contributed by atoms with Gasteiger partial charge in [-0.1, -0.05) is 42.5 Å². The third-order valence-corrected chi connectivity index (χ3v) is 4.28. The average molecular weight is 491 g/mol. The highest BCUT2D eigenvalue weighted by atomic mass is 127. The molecule has 0 saturated carbocycles. The first kappa shape index (κ1) is 21.7. The topological polar surface area (TPSA) is 65.5 Å². The van der Waals surface area contributed by atoms with Gasteiger partial charge in [-0.3, -0.25) is 4.99 Å². The number of rotatable bonds is 6. The highest BCUT2D eigenvalue weighted by Crippen LogP contribution is 2.16. The number of aliphatic imine (C=N–C) groups is 1. The SMILES string of the molecule is CN=C(NCc1ccc(OC)cc1)N(C)Cc1ncc(-c2ccccc2)[nH]1.I. The van der Waals surface area contributed by atoms with Gasteiger partial charge in [-0.15, -0.1) is 24.0 Å². The Morgan fingerprint density at radius 3 is 2.50 bits per heavy atom. The van der Waals surface area contributed by atoms with E-state index in [4.69, 9.17) is 4.74 Å². The molecule has 0 atom stereocenters. The van der Waals surface area contributed by atoms with Crippen molar-refractivity contribution < 1.29 is 4.74 Å². The number of ether oxygens (including phenoxy) is 1. The summed E-state index contributed by atoms with van der Waals surface area (Å²) in [6.07, 6.45) is 1.87. The zero-order valence-electron chi connectivity index (χ0n) is 16.3. The van der Waals surface area contributed by atoms with Crippen LogP contribution in [-0.4, -0.2) is 42.0 Å². The number of H-pyrrole nitrogens is 1. The smallest absolute Gasteiger partial charge is 0.194 e. The Bertz CT molecular complexity index is 877. The summed E-state index contributed by atoms with van der Waals surface area (Å²) in [5, 5.41) is 3.38. The van der Waals surface area contributed by atoms with Crippen molar-refractivity contribution >= 4 is 29.9 Å². The minimum absolute atomic E-state index is 0. The number of halogens is 1. The van der Waals surface area contributed by atoms with Gasteiger partial charge in [-0.2, -0.15) is 0 Å². The predicted octanol–water partition coefficient (Wildman–Crippen LogP) is 3.91. The molecule has 0 fully saturated rings. The Balaban J connectivity index is 0.00000280. The van der Waals surface area contributed by atoms with Crippen LogP contribution in [0, 0.1) is 0 Å². The number of hydrogen-bond acceptors (Lipinski definition) is 3. The molecular formula is C21H26IN5O. The summed E-state index contributed by atoms with van der Waals surface area (Å²) in [4.78, 5) is 14.3. The van der Waals surface area contributed by atoms with E-state index < -0.39 is 0 Å². The summed E-state index contributed by atoms with van der Waals surface area (Å²) in [6, 6.07) is 18.2. The number of nitrogens with one attached hydrogen (secondary N) is 2. The summed E-state index contributed by atoms with van der Waals surface area (Å²) < 4.78 is 5.19. The number of imidazole rings is 1. The molecule has 28 heavy (non-hydrogen) atoms. The molecular weight excluding hydrogens is 465 g/mol. The summed E-state index contributed by atoms with van der Waals surface area (Å²) in [5.74, 6) is 2.56. The average Bonchev–Trinajstić information content (AvgIpc) is 3.18. The molecule has 0 aliphatic heterocycles. The number of aromatic nitrogens is 2. The van der Waals surface area contributed by atoms with Crippen LogP contribution in [0.4, 0.5) is 0 Å². The molecule has 2 N–H and O–H groups in total. The fourth-order valence-electron chi connectivity index (χ4n) is 2.82. The molecule has 3 aromatic rings. The van der Waals surface area contributed by atoms with Crippen molar-refractivity contribution in [1.82, 2.24) is 20.2 Å². The van der Waals surface area contributed by atoms with Crippen LogP contribution in [0.2, 0.25) is 0 Å². The Morgan fingerprint density at radius 2 is 1.86 bits per heavy atom. The fourth-order valence-corrected chi connectivity index (χ4v) is 2.82. The normalized spacial score (nSPS) is 10.9. The molecule has 0 radical (unpaired) electrons. The van der Waals surface area contributed by atoms with E-state index in [1.165, 1.54) is 0 Å². The molecule has 2 aromatic carbocycles. The van der Waals surface area contributed by atoms with Crippen molar-refractivity contribution in [3.05, 3.63) is 72.2 Å². The third kappa shape index (κ3) is 5.72. The van der Waals surface area contributed by atoms with Gasteiger partial charge in [0.1, 0.15) is 11.6 Å². The molecule has 0 amide bonds. The maximum atomic E-state index is 5.19. The molecule has 1 aromatic heterocycles. The first-order valence-corrected chi connectivity index (χ1v) is 8.83. The molecule has 0 spiro atoms. The standard InChI is InChI=1S/C21H25N5O.HI/c1-22-21(24-13-16-9-11-18(27-3)12-10-16)26(2)15-20-23-14-19(25-20)17-7-5-4-6-8-17;/h4-12,14H,13,15H2,1-3H3,(H,22,24)(H,23,25);1H. The van der Waals surface area contributed by atoms with Crippen molar-refractivity contribution in [1.29, 1.82) is 0 Å². The van der Waals surface area contributed by atoms with Gasteiger partial charge in [0.15, 0.2) is 5.96 Å². The molecule has 7 heteroatoms. The summed E-state index contributed by atoms with van der Waals surface area (Å²) in [5.41, 5.74) is 3.30. The van der Waals surface area contributed by atoms with E-state index in [0.29, 0.717) is 13.1 Å². The maximum Gasteiger partial charge on any atom is 0.194 e. The van der Waals surface area contributed by atoms with Crippen molar-refractivity contribution in [3.63, 3.8) is 0 Å². The monoisotopic (exact) mass is 491 g/mol. The van der Waals surface area contributed by atoms with E-state index in [1.807, 2.05) is 60.6 Å². The lowest BCUT2D eigenvalue weighted by Gasteiger charge is -2.21. The van der Waals surface area contributed by atoms with Gasteiger partial charge in [0.2, 0.25) is 0 Å². The molecule has 0 bridgehead atoms. The lowest BCUT2D eigenvalue weighted by molar-refractivity contribution is 0.414. The zero-order valence-corrected chi connectivity index (χ0v) is 18.7. The van der Waals surface area contributed by atoms with Crippen LogP contribution in [0.5, 0.6) is 5.75 Å². The van der Waals surface area contributed by atoms with Crippen LogP contribution in [-0.2, 0) is 13.1 Å². The van der Waals surface area contributed by atoms with E-state index in [2.05, 4.69) is 32.4 Å². The van der Waals surface area contributed by atoms with Crippen LogP contribution >= 0.6 is 24.0 Å². The van der Waals surface area contributed by atoms with Crippen molar-refractivity contribution in [2.24, 2.45) is 4.99 Å². The second-order valence-corrected chi connectivity index (χ2v) is 6.21. The largest absolute Gasteiger partial charge is 0.497 e. The Hall–Kier alpha value is -2.55. The van der Waals surface area contributed by atoms with Crippen LogP contribution in [0.15, 0.2) is 65.8 Å². The van der Waals surface area contributed by atoms with Gasteiger partial charge in [-0.25, -0.2) is 4.98 Å². The highest BCUT2D eigenvalue weighted by molar-refractivity contribution is 14.0. The van der Waals surface area contributed by atoms with E-state index >= 15 is 0 Å². The van der Waals surface area contributed by atoms with Crippen LogP contribution in [0.25, 0.3) is 11.3 Å². The number of nitrogens with zero attached hydrogens (tertiary/aromatic N) is 3. The number of methoxy groups -OCH3 is 1. The van der Waals surface area contributed by atoms with Crippen LogP contribution < -0.4 is 10.1 Å². The van der Waals surface area contributed by atoms with E-state index in [0.717, 1.165) is 34.4 Å². The van der Waals surface area contributed by atoms with Crippen molar-refractivity contribution in [3.8, 4) is 17.0 Å². The number of guanidine groups is 1. The molecule has 0 aliphatic carbocycles. The maximum absolute atomic E-state index is 5.19. The number of hydrogen-bond donors (Lipinski definition) is 2. The molecule has 6 nitrogen and oxygen atoms in total. The lowest BCUT2D eigenvalue weighted by atomic mass is 10.2. The Labute approximate surface area is 183 Å². The highest BCUT2D eigenvalue weighted by Gasteiger charge is 2.10. The van der Waals surface area contributed by atoms with Crippen molar-refractivity contribution in [2.75, 3.05) is 21.2 Å². The second kappa shape index (κ2) is 10.7. The summed E-state index contributed by atoms with van der Waals surface area (Å²) in [6.45, 7) is 1.32. The van der Waals surface area contributed by atoms with Gasteiger partial charge in [0, 0.05) is 20.6 Å². The van der Waals surface area contributed by atoms with E-state index in [1.54, 1.807) is 14.2 Å².